The summed E-state index contributed by atoms with van der Waals surface area (Å²) in [6.07, 6.45) is 0. The Kier molecular flexibility index (Phi) is 6.82. The summed E-state index contributed by atoms with van der Waals surface area (Å²) in [4.78, 5) is 18.8. The number of nitrogens with one attached hydrogen (secondary N) is 1. The van der Waals surface area contributed by atoms with E-state index in [4.69, 9.17) is 14.2 Å². The number of aromatic nitrogens is 1. The molecular weight excluding hydrogens is 354 g/mol. The molecule has 2 aromatic rings. The van der Waals surface area contributed by atoms with Gasteiger partial charge >= 0.3 is 0 Å². The summed E-state index contributed by atoms with van der Waals surface area (Å²) in [6, 6.07) is 7.39. The second-order valence-electron chi connectivity index (χ2n) is 5.80. The number of ether oxygens (including phenoxy) is 3. The highest BCUT2D eigenvalue weighted by Gasteiger charge is 2.13. The normalized spacial score (nSPS) is 14.8. The summed E-state index contributed by atoms with van der Waals surface area (Å²) in [5, 5.41) is 5.43. The molecule has 3 rings (SSSR count). The van der Waals surface area contributed by atoms with Gasteiger partial charge < -0.3 is 19.5 Å². The third kappa shape index (κ3) is 5.42. The minimum absolute atomic E-state index is 0.151. The Morgan fingerprint density at radius 2 is 2.15 bits per heavy atom. The second kappa shape index (κ2) is 9.51. The van der Waals surface area contributed by atoms with Gasteiger partial charge in [-0.3, -0.25) is 9.69 Å². The van der Waals surface area contributed by atoms with Gasteiger partial charge in [-0.25, -0.2) is 4.98 Å². The first-order chi connectivity index (χ1) is 12.7. The van der Waals surface area contributed by atoms with Crippen LogP contribution in [-0.2, 0) is 11.3 Å². The van der Waals surface area contributed by atoms with Crippen molar-refractivity contribution in [1.29, 1.82) is 0 Å². The Labute approximate surface area is 156 Å². The maximum absolute atomic E-state index is 12.2. The lowest BCUT2D eigenvalue weighted by Gasteiger charge is -2.26. The lowest BCUT2D eigenvalue weighted by atomic mass is 10.3. The van der Waals surface area contributed by atoms with Crippen LogP contribution in [0.4, 0.5) is 0 Å². The van der Waals surface area contributed by atoms with Gasteiger partial charge in [-0.2, -0.15) is 0 Å². The van der Waals surface area contributed by atoms with Crippen molar-refractivity contribution >= 4 is 17.2 Å². The topological polar surface area (TPSA) is 72.9 Å². The van der Waals surface area contributed by atoms with Gasteiger partial charge in [0, 0.05) is 37.6 Å². The number of carbonyl (C=O) groups excluding carboxylic acids is 1. The van der Waals surface area contributed by atoms with Crippen LogP contribution in [0.5, 0.6) is 11.5 Å². The minimum Gasteiger partial charge on any atom is -0.497 e. The molecule has 0 atom stereocenters. The molecule has 1 fully saturated rings. The molecule has 0 aliphatic carbocycles. The number of carbonyl (C=O) groups is 1. The van der Waals surface area contributed by atoms with Crippen LogP contribution >= 0.6 is 11.3 Å². The van der Waals surface area contributed by atoms with E-state index < -0.39 is 0 Å². The molecule has 1 amide bonds. The Morgan fingerprint density at radius 1 is 1.35 bits per heavy atom. The van der Waals surface area contributed by atoms with Gasteiger partial charge in [-0.05, 0) is 12.1 Å². The Morgan fingerprint density at radius 3 is 2.96 bits per heavy atom. The zero-order valence-electron chi connectivity index (χ0n) is 14.8. The monoisotopic (exact) mass is 377 g/mol. The van der Waals surface area contributed by atoms with Crippen molar-refractivity contribution in [2.75, 3.05) is 46.5 Å². The van der Waals surface area contributed by atoms with E-state index in [1.807, 2.05) is 24.3 Å². The number of amides is 1. The number of hydrogen-bond acceptors (Lipinski definition) is 7. The number of morpholine rings is 1. The smallest absolute Gasteiger partial charge is 0.270 e. The van der Waals surface area contributed by atoms with Gasteiger partial charge in [0.1, 0.15) is 28.8 Å². The molecule has 1 aromatic heterocycles. The minimum atomic E-state index is -0.151. The molecule has 8 heteroatoms. The maximum atomic E-state index is 12.2. The first-order valence-corrected chi connectivity index (χ1v) is 9.42. The fraction of sp³-hybridized carbons (Fsp3) is 0.444. The lowest BCUT2D eigenvalue weighted by molar-refractivity contribution is 0.0383. The van der Waals surface area contributed by atoms with Crippen molar-refractivity contribution < 1.29 is 19.0 Å². The summed E-state index contributed by atoms with van der Waals surface area (Å²) < 4.78 is 16.2. The van der Waals surface area contributed by atoms with E-state index in [1.165, 1.54) is 11.3 Å². The van der Waals surface area contributed by atoms with E-state index in [1.54, 1.807) is 12.5 Å². The van der Waals surface area contributed by atoms with Crippen LogP contribution in [0.1, 0.15) is 15.5 Å². The van der Waals surface area contributed by atoms with E-state index in [0.717, 1.165) is 43.6 Å². The highest BCUT2D eigenvalue weighted by Crippen LogP contribution is 2.20. The van der Waals surface area contributed by atoms with Crippen molar-refractivity contribution in [3.63, 3.8) is 0 Å². The number of thiazole rings is 1. The standard InChI is InChI=1S/C18H23N3O4S/c1-23-14-3-2-4-15(11-14)25-12-17-20-16(13-26-17)18(22)19-5-6-21-7-9-24-10-8-21/h2-4,11,13H,5-10,12H2,1H3,(H,19,22). The Hall–Kier alpha value is -2.16. The lowest BCUT2D eigenvalue weighted by Crippen LogP contribution is -2.41. The fourth-order valence-corrected chi connectivity index (χ4v) is 3.25. The molecule has 1 aliphatic heterocycles. The molecular formula is C18H23N3O4S. The third-order valence-corrected chi connectivity index (χ3v) is 4.83. The van der Waals surface area contributed by atoms with Crippen molar-refractivity contribution in [3.05, 3.63) is 40.3 Å². The number of methoxy groups -OCH3 is 1. The number of nitrogens with zero attached hydrogens (tertiary/aromatic N) is 2. The van der Waals surface area contributed by atoms with Crippen molar-refractivity contribution in [3.8, 4) is 11.5 Å². The van der Waals surface area contributed by atoms with Gasteiger partial charge in [0.15, 0.2) is 0 Å². The van der Waals surface area contributed by atoms with E-state index >= 15 is 0 Å². The van der Waals surface area contributed by atoms with Crippen molar-refractivity contribution in [2.24, 2.45) is 0 Å². The molecule has 7 nitrogen and oxygen atoms in total. The predicted octanol–water partition coefficient (Wildman–Crippen LogP) is 1.79. The van der Waals surface area contributed by atoms with Crippen LogP contribution in [0.25, 0.3) is 0 Å². The SMILES string of the molecule is COc1cccc(OCc2nc(C(=O)NCCN3CCOCC3)cs2)c1. The molecule has 1 aromatic carbocycles. The Balaban J connectivity index is 1.43. The van der Waals surface area contributed by atoms with Crippen LogP contribution in [0.15, 0.2) is 29.6 Å². The molecule has 26 heavy (non-hydrogen) atoms. The Bertz CT molecular complexity index is 716. The average molecular weight is 377 g/mol. The molecule has 0 bridgehead atoms. The van der Waals surface area contributed by atoms with E-state index in [2.05, 4.69) is 15.2 Å². The van der Waals surface area contributed by atoms with Crippen molar-refractivity contribution in [1.82, 2.24) is 15.2 Å². The second-order valence-corrected chi connectivity index (χ2v) is 6.75. The molecule has 140 valence electrons. The van der Waals surface area contributed by atoms with Gasteiger partial charge in [0.05, 0.1) is 20.3 Å². The average Bonchev–Trinajstić information content (AvgIpc) is 3.16. The van der Waals surface area contributed by atoms with Crippen molar-refractivity contribution in [2.45, 2.75) is 6.61 Å². The number of benzene rings is 1. The molecule has 2 heterocycles. The van der Waals surface area contributed by atoms with Crippen LogP contribution in [-0.4, -0.2) is 62.3 Å². The summed E-state index contributed by atoms with van der Waals surface area (Å²) in [6.45, 7) is 5.10. The van der Waals surface area contributed by atoms with Gasteiger partial charge in [0.2, 0.25) is 0 Å². The highest BCUT2D eigenvalue weighted by atomic mass is 32.1. The number of rotatable bonds is 8. The van der Waals surface area contributed by atoms with Crippen LogP contribution in [0, 0.1) is 0 Å². The largest absolute Gasteiger partial charge is 0.497 e. The molecule has 1 aliphatic rings. The summed E-state index contributed by atoms with van der Waals surface area (Å²) >= 11 is 1.41. The van der Waals surface area contributed by atoms with Crippen LogP contribution in [0.2, 0.25) is 0 Å². The van der Waals surface area contributed by atoms with E-state index in [0.29, 0.717) is 24.6 Å². The maximum Gasteiger partial charge on any atom is 0.270 e. The molecule has 0 unspecified atom stereocenters. The summed E-state index contributed by atoms with van der Waals surface area (Å²) in [7, 11) is 1.61. The quantitative estimate of drug-likeness (QED) is 0.756. The van der Waals surface area contributed by atoms with Gasteiger partial charge in [-0.1, -0.05) is 6.07 Å². The fourth-order valence-electron chi connectivity index (χ4n) is 2.56. The van der Waals surface area contributed by atoms with Crippen LogP contribution in [0.3, 0.4) is 0 Å². The molecule has 0 radical (unpaired) electrons. The molecule has 0 spiro atoms. The summed E-state index contributed by atoms with van der Waals surface area (Å²) in [5.74, 6) is 1.29. The van der Waals surface area contributed by atoms with E-state index in [9.17, 15) is 4.79 Å². The highest BCUT2D eigenvalue weighted by molar-refractivity contribution is 7.09. The first-order valence-electron chi connectivity index (χ1n) is 8.54. The van der Waals surface area contributed by atoms with Crippen LogP contribution < -0.4 is 14.8 Å². The first kappa shape index (κ1) is 18.6. The predicted molar refractivity (Wildman–Crippen MR) is 99.0 cm³/mol. The summed E-state index contributed by atoms with van der Waals surface area (Å²) in [5.41, 5.74) is 0.432. The zero-order chi connectivity index (χ0) is 18.2. The molecule has 1 saturated heterocycles. The third-order valence-electron chi connectivity index (χ3n) is 4.01. The molecule has 0 saturated carbocycles. The van der Waals surface area contributed by atoms with Gasteiger partial charge in [0.25, 0.3) is 5.91 Å². The van der Waals surface area contributed by atoms with Gasteiger partial charge in [-0.15, -0.1) is 11.3 Å². The molecule has 1 N–H and O–H groups in total. The zero-order valence-corrected chi connectivity index (χ0v) is 15.6. The van der Waals surface area contributed by atoms with E-state index in [-0.39, 0.29) is 5.91 Å². The number of hydrogen-bond donors (Lipinski definition) is 1.